The van der Waals surface area contributed by atoms with E-state index in [1.54, 1.807) is 19.2 Å². The molecule has 0 unspecified atom stereocenters. The van der Waals surface area contributed by atoms with Crippen molar-refractivity contribution in [3.63, 3.8) is 0 Å². The lowest BCUT2D eigenvalue weighted by atomic mass is 9.89. The van der Waals surface area contributed by atoms with Crippen LogP contribution < -0.4 is 10.5 Å². The van der Waals surface area contributed by atoms with Gasteiger partial charge in [0.25, 0.3) is 0 Å². The van der Waals surface area contributed by atoms with Crippen molar-refractivity contribution in [2.75, 3.05) is 12.8 Å². The first kappa shape index (κ1) is 18.1. The van der Waals surface area contributed by atoms with Crippen LogP contribution in [0.15, 0.2) is 47.8 Å². The topological polar surface area (TPSA) is 72.0 Å². The number of nitrogens with one attached hydrogen (secondary N) is 1. The molecule has 0 spiro atoms. The number of nitrogens with two attached hydrogens (primary N) is 1. The van der Waals surface area contributed by atoms with Gasteiger partial charge in [0.05, 0.1) is 12.8 Å². The number of methoxy groups -OCH3 is 1. The van der Waals surface area contributed by atoms with E-state index >= 15 is 0 Å². The Kier molecular flexibility index (Phi) is 5.63. The molecule has 1 aromatic heterocycles. The molecule has 0 amide bonds. The molecular formula is C20H20FN3OS. The average Bonchev–Trinajstić information content (AvgIpc) is 3.09. The lowest BCUT2D eigenvalue weighted by Crippen LogP contribution is -2.11. The largest absolute Gasteiger partial charge is 0.496 e. The molecule has 2 aromatic carbocycles. The van der Waals surface area contributed by atoms with Gasteiger partial charge in [0.15, 0.2) is 5.13 Å². The van der Waals surface area contributed by atoms with Gasteiger partial charge in [-0.1, -0.05) is 12.1 Å². The van der Waals surface area contributed by atoms with Crippen molar-refractivity contribution < 1.29 is 9.13 Å². The number of fused-ring (bicyclic) bond motifs is 1. The fraction of sp³-hybridized carbons (Fsp3) is 0.200. The molecule has 0 fully saturated rings. The number of nitrogen functional groups attached to an aromatic ring is 1. The van der Waals surface area contributed by atoms with Crippen LogP contribution in [0.1, 0.15) is 24.0 Å². The molecular weight excluding hydrogens is 349 g/mol. The molecule has 0 saturated heterocycles. The van der Waals surface area contributed by atoms with Crippen LogP contribution in [-0.4, -0.2) is 17.8 Å². The second-order valence-electron chi connectivity index (χ2n) is 5.90. The quantitative estimate of drug-likeness (QED) is 0.673. The monoisotopic (exact) mass is 369 g/mol. The van der Waals surface area contributed by atoms with Crippen LogP contribution in [0, 0.1) is 11.2 Å². The molecule has 3 aromatic rings. The van der Waals surface area contributed by atoms with Crippen LogP contribution in [0.25, 0.3) is 11.3 Å². The van der Waals surface area contributed by atoms with Gasteiger partial charge in [0, 0.05) is 27.8 Å². The number of rotatable bonds is 2. The number of benzene rings is 2. The first-order valence-electron chi connectivity index (χ1n) is 8.29. The minimum atomic E-state index is -0.244. The van der Waals surface area contributed by atoms with Crippen LogP contribution >= 0.6 is 11.3 Å². The van der Waals surface area contributed by atoms with Gasteiger partial charge < -0.3 is 15.9 Å². The summed E-state index contributed by atoms with van der Waals surface area (Å²) >= 11 is 1.38. The van der Waals surface area contributed by atoms with Gasteiger partial charge in [-0.15, -0.1) is 11.3 Å². The van der Waals surface area contributed by atoms with Crippen molar-refractivity contribution in [1.29, 1.82) is 5.41 Å². The molecule has 134 valence electrons. The van der Waals surface area contributed by atoms with E-state index in [9.17, 15) is 4.39 Å². The summed E-state index contributed by atoms with van der Waals surface area (Å²) in [7, 11) is 1.69. The molecule has 1 heterocycles. The van der Waals surface area contributed by atoms with Gasteiger partial charge in [-0.05, 0) is 49.6 Å². The van der Waals surface area contributed by atoms with Crippen molar-refractivity contribution in [1.82, 2.24) is 4.98 Å². The molecule has 0 atom stereocenters. The standard InChI is InChI=1S/C11H13NO.C9H7FN2S/c1-13-11-7-3-4-8-9(11)5-2-6-10(8)12;10-7-3-1-6(2-4-7)8-5-13-9(11)12-8/h3-4,7,12H,2,5-6H2,1H3;1-5H,(H2,11,12). The predicted molar refractivity (Wildman–Crippen MR) is 105 cm³/mol. The Labute approximate surface area is 156 Å². The zero-order valence-corrected chi connectivity index (χ0v) is 15.3. The Bertz CT molecular complexity index is 906. The van der Waals surface area contributed by atoms with E-state index in [1.165, 1.54) is 29.0 Å². The lowest BCUT2D eigenvalue weighted by Gasteiger charge is -2.18. The highest BCUT2D eigenvalue weighted by atomic mass is 32.1. The van der Waals surface area contributed by atoms with E-state index in [1.807, 2.05) is 23.6 Å². The third-order valence-electron chi connectivity index (χ3n) is 4.19. The Morgan fingerprint density at radius 2 is 1.92 bits per heavy atom. The molecule has 1 aliphatic carbocycles. The normalized spacial score (nSPS) is 12.8. The van der Waals surface area contributed by atoms with Gasteiger partial charge in [0.1, 0.15) is 11.6 Å². The van der Waals surface area contributed by atoms with Crippen molar-refractivity contribution in [3.8, 4) is 17.0 Å². The number of thiazole rings is 1. The summed E-state index contributed by atoms with van der Waals surface area (Å²) in [5, 5.41) is 10.2. The van der Waals surface area contributed by atoms with Crippen molar-refractivity contribution >= 4 is 22.2 Å². The van der Waals surface area contributed by atoms with E-state index in [-0.39, 0.29) is 5.82 Å². The molecule has 6 heteroatoms. The summed E-state index contributed by atoms with van der Waals surface area (Å²) < 4.78 is 17.8. The molecule has 26 heavy (non-hydrogen) atoms. The van der Waals surface area contributed by atoms with Gasteiger partial charge in [0.2, 0.25) is 0 Å². The van der Waals surface area contributed by atoms with Gasteiger partial charge in [-0.2, -0.15) is 0 Å². The first-order chi connectivity index (χ1) is 12.6. The number of hydrogen-bond donors (Lipinski definition) is 2. The molecule has 0 bridgehead atoms. The summed E-state index contributed by atoms with van der Waals surface area (Å²) in [5.74, 6) is 0.689. The molecule has 3 N–H and O–H groups in total. The maximum atomic E-state index is 12.6. The van der Waals surface area contributed by atoms with Crippen LogP contribution in [0.3, 0.4) is 0 Å². The summed E-state index contributed by atoms with van der Waals surface area (Å²) in [4.78, 5) is 4.08. The number of halogens is 1. The summed E-state index contributed by atoms with van der Waals surface area (Å²) in [6.45, 7) is 0. The minimum absolute atomic E-state index is 0.244. The maximum absolute atomic E-state index is 12.6. The summed E-state index contributed by atoms with van der Waals surface area (Å²) in [6.07, 6.45) is 3.02. The minimum Gasteiger partial charge on any atom is -0.496 e. The van der Waals surface area contributed by atoms with Crippen molar-refractivity contribution in [2.45, 2.75) is 19.3 Å². The Morgan fingerprint density at radius 3 is 2.58 bits per heavy atom. The van der Waals surface area contributed by atoms with E-state index in [0.717, 1.165) is 47.5 Å². The molecule has 1 aliphatic rings. The second-order valence-corrected chi connectivity index (χ2v) is 6.79. The number of hydrogen-bond acceptors (Lipinski definition) is 5. The molecule has 4 nitrogen and oxygen atoms in total. The fourth-order valence-electron chi connectivity index (χ4n) is 2.91. The fourth-order valence-corrected chi connectivity index (χ4v) is 3.49. The zero-order chi connectivity index (χ0) is 18.5. The number of anilines is 1. The van der Waals surface area contributed by atoms with Gasteiger partial charge in [-0.25, -0.2) is 9.37 Å². The van der Waals surface area contributed by atoms with Crippen LogP contribution in [0.2, 0.25) is 0 Å². The van der Waals surface area contributed by atoms with Gasteiger partial charge in [-0.3, -0.25) is 0 Å². The Morgan fingerprint density at radius 1 is 1.15 bits per heavy atom. The third kappa shape index (κ3) is 4.08. The van der Waals surface area contributed by atoms with E-state index in [4.69, 9.17) is 15.9 Å². The van der Waals surface area contributed by atoms with Crippen LogP contribution in [0.5, 0.6) is 5.75 Å². The van der Waals surface area contributed by atoms with E-state index in [0.29, 0.717) is 5.13 Å². The molecule has 0 aliphatic heterocycles. The third-order valence-corrected chi connectivity index (χ3v) is 4.87. The molecule has 4 rings (SSSR count). The lowest BCUT2D eigenvalue weighted by molar-refractivity contribution is 0.408. The zero-order valence-electron chi connectivity index (χ0n) is 14.5. The molecule has 0 saturated carbocycles. The first-order valence-corrected chi connectivity index (χ1v) is 9.17. The number of nitrogens with zero attached hydrogens (tertiary/aromatic N) is 1. The number of aromatic nitrogens is 1. The van der Waals surface area contributed by atoms with Gasteiger partial charge >= 0.3 is 0 Å². The Balaban J connectivity index is 0.000000151. The van der Waals surface area contributed by atoms with Crippen molar-refractivity contribution in [3.05, 3.63) is 64.8 Å². The van der Waals surface area contributed by atoms with E-state index < -0.39 is 0 Å². The highest BCUT2D eigenvalue weighted by Gasteiger charge is 2.16. The smallest absolute Gasteiger partial charge is 0.180 e. The highest BCUT2D eigenvalue weighted by molar-refractivity contribution is 7.13. The predicted octanol–water partition coefficient (Wildman–Crippen LogP) is 4.93. The Hall–Kier alpha value is -2.73. The van der Waals surface area contributed by atoms with Crippen LogP contribution in [0.4, 0.5) is 9.52 Å². The van der Waals surface area contributed by atoms with E-state index in [2.05, 4.69) is 4.98 Å². The second kappa shape index (κ2) is 8.10. The maximum Gasteiger partial charge on any atom is 0.180 e. The van der Waals surface area contributed by atoms with Crippen molar-refractivity contribution in [2.24, 2.45) is 0 Å². The molecule has 0 radical (unpaired) electrons. The average molecular weight is 369 g/mol. The highest BCUT2D eigenvalue weighted by Crippen LogP contribution is 2.29. The SMILES string of the molecule is COc1cccc2c1CCCC2=N.Nc1nc(-c2ccc(F)cc2)cs1. The number of ether oxygens (including phenoxy) is 1. The van der Waals surface area contributed by atoms with Crippen LogP contribution in [-0.2, 0) is 6.42 Å². The summed E-state index contributed by atoms with van der Waals surface area (Å²) in [5.41, 5.74) is 10.2. The summed E-state index contributed by atoms with van der Waals surface area (Å²) in [6, 6.07) is 12.1.